The molecule has 8 heteroatoms. The molecule has 1 amide bonds. The molecule has 2 aliphatic heterocycles. The Bertz CT molecular complexity index is 923. The minimum Gasteiger partial charge on any atom is -0.368 e. The van der Waals surface area contributed by atoms with Crippen molar-refractivity contribution in [3.8, 4) is 0 Å². The summed E-state index contributed by atoms with van der Waals surface area (Å²) < 4.78 is 0. The van der Waals surface area contributed by atoms with Crippen LogP contribution < -0.4 is 11.1 Å². The van der Waals surface area contributed by atoms with E-state index in [1.54, 1.807) is 6.07 Å². The van der Waals surface area contributed by atoms with Crippen molar-refractivity contribution in [3.05, 3.63) is 53.3 Å². The maximum absolute atomic E-state index is 13.7. The monoisotopic (exact) mass is 463 g/mol. The molecular weight excluding hydrogens is 433 g/mol. The van der Waals surface area contributed by atoms with Crippen LogP contribution in [0.15, 0.2) is 36.4 Å². The standard InChI is InChI=1S/C23H29N5O.2ClH/c1-14-11-17(27-22(24)25-14)21(29)28-18-13-23(2)19(9-6-10-20(23)28)26-16(18)12-15-7-4-3-5-8-15;;/h3-5,7-8,11,16,18-20,26H,6,9-10,12-13H2,1-2H3,(H2,24,25,27);2*1H/t16-,18+,19-,20+,23-;;/m1../s1. The number of hydrogen-bond donors (Lipinski definition) is 2. The zero-order chi connectivity index (χ0) is 20.2. The second kappa shape index (κ2) is 8.93. The van der Waals surface area contributed by atoms with E-state index in [4.69, 9.17) is 5.73 Å². The second-order valence-electron chi connectivity index (χ2n) is 9.20. The van der Waals surface area contributed by atoms with Crippen molar-refractivity contribution in [1.82, 2.24) is 20.2 Å². The summed E-state index contributed by atoms with van der Waals surface area (Å²) in [5.41, 5.74) is 8.44. The van der Waals surface area contributed by atoms with Gasteiger partial charge < -0.3 is 16.0 Å². The summed E-state index contributed by atoms with van der Waals surface area (Å²) in [5.74, 6) is 0.172. The van der Waals surface area contributed by atoms with E-state index in [1.165, 1.54) is 12.0 Å². The van der Waals surface area contributed by atoms with Gasteiger partial charge in [0.2, 0.25) is 5.95 Å². The lowest BCUT2D eigenvalue weighted by Crippen LogP contribution is -2.58. The Labute approximate surface area is 196 Å². The number of rotatable bonds is 3. The van der Waals surface area contributed by atoms with E-state index in [0.29, 0.717) is 11.7 Å². The number of nitrogen functional groups attached to an aromatic ring is 1. The Morgan fingerprint density at radius 3 is 2.68 bits per heavy atom. The van der Waals surface area contributed by atoms with Gasteiger partial charge in [-0.05, 0) is 50.7 Å². The Kier molecular flexibility index (Phi) is 6.84. The summed E-state index contributed by atoms with van der Waals surface area (Å²) in [5, 5.41) is 3.94. The molecule has 2 bridgehead atoms. The van der Waals surface area contributed by atoms with Gasteiger partial charge in [-0.15, -0.1) is 24.8 Å². The van der Waals surface area contributed by atoms with Crippen LogP contribution in [0.3, 0.4) is 0 Å². The van der Waals surface area contributed by atoms with Gasteiger partial charge in [0, 0.05) is 35.3 Å². The van der Waals surface area contributed by atoms with E-state index in [0.717, 1.165) is 31.4 Å². The lowest BCUT2D eigenvalue weighted by Gasteiger charge is -2.46. The molecule has 1 aliphatic carbocycles. The molecule has 2 saturated heterocycles. The van der Waals surface area contributed by atoms with Gasteiger partial charge in [0.15, 0.2) is 0 Å². The van der Waals surface area contributed by atoms with Gasteiger partial charge in [-0.2, -0.15) is 0 Å². The molecule has 3 fully saturated rings. The van der Waals surface area contributed by atoms with Crippen molar-refractivity contribution < 1.29 is 4.79 Å². The highest BCUT2D eigenvalue weighted by Gasteiger charge is 2.61. The first kappa shape index (κ1) is 23.8. The normalized spacial score (nSPS) is 30.8. The lowest BCUT2D eigenvalue weighted by molar-refractivity contribution is 0.0553. The van der Waals surface area contributed by atoms with Crippen LogP contribution in [-0.4, -0.2) is 44.9 Å². The first-order valence-corrected chi connectivity index (χ1v) is 10.7. The number of nitrogens with one attached hydrogen (secondary N) is 1. The number of halogens is 2. The van der Waals surface area contributed by atoms with Crippen LogP contribution in [0.25, 0.3) is 0 Å². The summed E-state index contributed by atoms with van der Waals surface area (Å²) >= 11 is 0. The summed E-state index contributed by atoms with van der Waals surface area (Å²) in [6, 6.07) is 13.5. The number of fused-ring (bicyclic) bond motifs is 1. The summed E-state index contributed by atoms with van der Waals surface area (Å²) in [4.78, 5) is 24.3. The number of aromatic nitrogens is 2. The van der Waals surface area contributed by atoms with Crippen molar-refractivity contribution in [1.29, 1.82) is 0 Å². The van der Waals surface area contributed by atoms with Crippen LogP contribution in [0, 0.1) is 12.3 Å². The third-order valence-corrected chi connectivity index (χ3v) is 7.37. The predicted molar refractivity (Wildman–Crippen MR) is 127 cm³/mol. The highest BCUT2D eigenvalue weighted by atomic mass is 35.5. The molecule has 2 aromatic rings. The van der Waals surface area contributed by atoms with Crippen LogP contribution in [0.5, 0.6) is 0 Å². The number of carbonyl (C=O) groups excluding carboxylic acids is 1. The average molecular weight is 464 g/mol. The topological polar surface area (TPSA) is 84.1 Å². The molecule has 5 atom stereocenters. The minimum absolute atomic E-state index is 0. The van der Waals surface area contributed by atoms with Gasteiger partial charge in [0.1, 0.15) is 5.69 Å². The fourth-order valence-corrected chi connectivity index (χ4v) is 6.09. The lowest BCUT2D eigenvalue weighted by atomic mass is 9.65. The fourth-order valence-electron chi connectivity index (χ4n) is 6.09. The number of piperidine rings is 1. The Morgan fingerprint density at radius 1 is 1.23 bits per heavy atom. The molecule has 31 heavy (non-hydrogen) atoms. The zero-order valence-electron chi connectivity index (χ0n) is 18.0. The summed E-state index contributed by atoms with van der Waals surface area (Å²) in [6.07, 6.45) is 5.39. The van der Waals surface area contributed by atoms with E-state index in [9.17, 15) is 4.79 Å². The van der Waals surface area contributed by atoms with Crippen molar-refractivity contribution >= 4 is 36.7 Å². The van der Waals surface area contributed by atoms with Crippen molar-refractivity contribution in [2.45, 2.75) is 70.1 Å². The zero-order valence-corrected chi connectivity index (χ0v) is 19.6. The van der Waals surface area contributed by atoms with Crippen molar-refractivity contribution in [2.75, 3.05) is 5.73 Å². The molecule has 3 aliphatic rings. The number of anilines is 1. The molecule has 0 radical (unpaired) electrons. The van der Waals surface area contributed by atoms with Gasteiger partial charge in [0.05, 0.1) is 0 Å². The number of nitrogens with two attached hydrogens (primary N) is 1. The van der Waals surface area contributed by atoms with E-state index < -0.39 is 0 Å². The minimum atomic E-state index is 0. The number of hydrogen-bond acceptors (Lipinski definition) is 5. The number of likely N-dealkylation sites (tertiary alicyclic amines) is 1. The number of nitrogens with zero attached hydrogens (tertiary/aromatic N) is 3. The molecule has 0 spiro atoms. The highest BCUT2D eigenvalue weighted by Crippen LogP contribution is 2.53. The maximum Gasteiger partial charge on any atom is 0.273 e. The first-order chi connectivity index (χ1) is 14.0. The number of aryl methyl sites for hydroxylation is 1. The predicted octanol–water partition coefficient (Wildman–Crippen LogP) is 3.57. The smallest absolute Gasteiger partial charge is 0.273 e. The third kappa shape index (κ3) is 4.01. The Balaban J connectivity index is 0.00000136. The number of amides is 1. The van der Waals surface area contributed by atoms with Gasteiger partial charge >= 0.3 is 0 Å². The molecule has 168 valence electrons. The SMILES string of the molecule is Cc1cc(C(=O)N2[C@H]3CCC[C@H]4N[C@H](Cc5ccccc5)[C@@H]2C[C@@]34C)nc(N)n1.Cl.Cl. The van der Waals surface area contributed by atoms with E-state index in [1.807, 2.05) is 6.92 Å². The van der Waals surface area contributed by atoms with Crippen LogP contribution in [-0.2, 0) is 6.42 Å². The quantitative estimate of drug-likeness (QED) is 0.726. The van der Waals surface area contributed by atoms with E-state index in [2.05, 4.69) is 57.4 Å². The molecule has 6 nitrogen and oxygen atoms in total. The fraction of sp³-hybridized carbons (Fsp3) is 0.522. The van der Waals surface area contributed by atoms with Crippen molar-refractivity contribution in [3.63, 3.8) is 0 Å². The van der Waals surface area contributed by atoms with E-state index in [-0.39, 0.29) is 60.2 Å². The van der Waals surface area contributed by atoms with Crippen LogP contribution in [0.1, 0.15) is 54.4 Å². The molecular formula is C23H31Cl2N5O. The molecule has 1 saturated carbocycles. The molecule has 3 N–H and O–H groups in total. The average Bonchev–Trinajstić information content (AvgIpc) is 3.00. The van der Waals surface area contributed by atoms with Gasteiger partial charge in [-0.3, -0.25) is 4.79 Å². The Morgan fingerprint density at radius 2 is 1.97 bits per heavy atom. The number of benzene rings is 1. The first-order valence-electron chi connectivity index (χ1n) is 10.7. The van der Waals surface area contributed by atoms with E-state index >= 15 is 0 Å². The molecule has 5 rings (SSSR count). The van der Waals surface area contributed by atoms with Gasteiger partial charge in [-0.25, -0.2) is 9.97 Å². The summed E-state index contributed by atoms with van der Waals surface area (Å²) in [6.45, 7) is 4.22. The third-order valence-electron chi connectivity index (χ3n) is 7.37. The molecule has 0 unspecified atom stereocenters. The van der Waals surface area contributed by atoms with Crippen LogP contribution in [0.4, 0.5) is 5.95 Å². The maximum atomic E-state index is 13.7. The summed E-state index contributed by atoms with van der Waals surface area (Å²) in [7, 11) is 0. The highest BCUT2D eigenvalue weighted by molar-refractivity contribution is 5.93. The van der Waals surface area contributed by atoms with Gasteiger partial charge in [-0.1, -0.05) is 37.3 Å². The van der Waals surface area contributed by atoms with Crippen molar-refractivity contribution in [2.24, 2.45) is 5.41 Å². The molecule has 1 aromatic carbocycles. The second-order valence-corrected chi connectivity index (χ2v) is 9.20. The number of carbonyl (C=O) groups is 1. The van der Waals surface area contributed by atoms with Crippen LogP contribution >= 0.6 is 24.8 Å². The molecule has 3 heterocycles. The molecule has 1 aromatic heterocycles. The Hall–Kier alpha value is -1.89. The largest absolute Gasteiger partial charge is 0.368 e. The van der Waals surface area contributed by atoms with Gasteiger partial charge in [0.25, 0.3) is 5.91 Å². The van der Waals surface area contributed by atoms with Crippen LogP contribution in [0.2, 0.25) is 0 Å².